The van der Waals surface area contributed by atoms with Crippen LogP contribution >= 0.6 is 0 Å². The smallest absolute Gasteiger partial charge is 0.221 e. The van der Waals surface area contributed by atoms with Crippen molar-refractivity contribution < 1.29 is 13.5 Å². The van der Waals surface area contributed by atoms with Crippen LogP contribution < -0.4 is 5.73 Å². The first kappa shape index (κ1) is 17.0. The van der Waals surface area contributed by atoms with E-state index in [2.05, 4.69) is 9.97 Å². The molecule has 0 atom stereocenters. The van der Waals surface area contributed by atoms with Gasteiger partial charge in [0.2, 0.25) is 15.8 Å². The molecule has 4 aromatic rings. The molecule has 3 aromatic carbocycles. The van der Waals surface area contributed by atoms with E-state index in [0.717, 1.165) is 0 Å². The lowest BCUT2D eigenvalue weighted by Crippen LogP contribution is -2.02. The fraction of sp³-hybridized carbons (Fsp3) is 0. The van der Waals surface area contributed by atoms with Crippen LogP contribution in [-0.2, 0) is 9.84 Å². The zero-order valence-electron chi connectivity index (χ0n) is 14.1. The number of hydrogen-bond donors (Lipinski definition) is 2. The summed E-state index contributed by atoms with van der Waals surface area (Å²) >= 11 is 0. The molecule has 0 saturated heterocycles. The van der Waals surface area contributed by atoms with Gasteiger partial charge in [0, 0.05) is 10.9 Å². The number of anilines is 1. The molecule has 0 aliphatic heterocycles. The van der Waals surface area contributed by atoms with Crippen molar-refractivity contribution in [1.82, 2.24) is 9.97 Å². The first-order valence-corrected chi connectivity index (χ1v) is 9.60. The highest BCUT2D eigenvalue weighted by molar-refractivity contribution is 7.91. The van der Waals surface area contributed by atoms with Gasteiger partial charge < -0.3 is 10.8 Å². The molecule has 6 nitrogen and oxygen atoms in total. The van der Waals surface area contributed by atoms with Crippen LogP contribution in [0.5, 0.6) is 5.75 Å². The standard InChI is InChI=1S/C20H15N3O3S/c21-20-22-18-11-8-14(24)12-17(18)19(23-20)13-6-9-16(10-7-13)27(25,26)15-4-2-1-3-5-15/h1-12,24H,(H2,21,22,23). The first-order valence-electron chi connectivity index (χ1n) is 8.12. The number of aromatic nitrogens is 2. The Balaban J connectivity index is 1.82. The summed E-state index contributed by atoms with van der Waals surface area (Å²) < 4.78 is 25.4. The second-order valence-electron chi connectivity index (χ2n) is 5.97. The van der Waals surface area contributed by atoms with E-state index in [9.17, 15) is 13.5 Å². The molecule has 0 aliphatic carbocycles. The monoisotopic (exact) mass is 377 g/mol. The minimum atomic E-state index is -3.59. The van der Waals surface area contributed by atoms with Gasteiger partial charge in [-0.15, -0.1) is 0 Å². The van der Waals surface area contributed by atoms with Gasteiger partial charge in [-0.05, 0) is 42.5 Å². The molecular weight excluding hydrogens is 362 g/mol. The molecule has 0 spiro atoms. The van der Waals surface area contributed by atoms with Crippen LogP contribution in [0.1, 0.15) is 0 Å². The first-order chi connectivity index (χ1) is 12.9. The van der Waals surface area contributed by atoms with Crippen LogP contribution in [0.15, 0.2) is 82.6 Å². The molecule has 1 aromatic heterocycles. The van der Waals surface area contributed by atoms with Crippen molar-refractivity contribution in [3.05, 3.63) is 72.8 Å². The molecule has 27 heavy (non-hydrogen) atoms. The molecule has 1 heterocycles. The quantitative estimate of drug-likeness (QED) is 0.567. The van der Waals surface area contributed by atoms with Gasteiger partial charge in [-0.25, -0.2) is 18.4 Å². The number of rotatable bonds is 3. The lowest BCUT2D eigenvalue weighted by Gasteiger charge is -2.09. The molecular formula is C20H15N3O3S. The van der Waals surface area contributed by atoms with Crippen LogP contribution in [0.3, 0.4) is 0 Å². The lowest BCUT2D eigenvalue weighted by molar-refractivity contribution is 0.476. The van der Waals surface area contributed by atoms with Crippen molar-refractivity contribution in [2.75, 3.05) is 5.73 Å². The van der Waals surface area contributed by atoms with Crippen LogP contribution in [0.4, 0.5) is 5.95 Å². The fourth-order valence-electron chi connectivity index (χ4n) is 2.88. The molecule has 0 saturated carbocycles. The molecule has 0 fully saturated rings. The maximum Gasteiger partial charge on any atom is 0.221 e. The highest BCUT2D eigenvalue weighted by atomic mass is 32.2. The van der Waals surface area contributed by atoms with Crippen molar-refractivity contribution in [2.45, 2.75) is 9.79 Å². The fourth-order valence-corrected chi connectivity index (χ4v) is 4.16. The Morgan fingerprint density at radius 3 is 2.19 bits per heavy atom. The second kappa shape index (κ2) is 6.37. The molecule has 4 rings (SSSR count). The second-order valence-corrected chi connectivity index (χ2v) is 7.92. The van der Waals surface area contributed by atoms with Gasteiger partial charge in [0.05, 0.1) is 21.0 Å². The van der Waals surface area contributed by atoms with Gasteiger partial charge in [-0.2, -0.15) is 0 Å². The van der Waals surface area contributed by atoms with Gasteiger partial charge in [0.25, 0.3) is 0 Å². The molecule has 0 bridgehead atoms. The van der Waals surface area contributed by atoms with Crippen molar-refractivity contribution in [2.24, 2.45) is 0 Å². The number of hydrogen-bond acceptors (Lipinski definition) is 6. The Morgan fingerprint density at radius 1 is 0.815 bits per heavy atom. The third kappa shape index (κ3) is 3.09. The Morgan fingerprint density at radius 2 is 1.48 bits per heavy atom. The molecule has 134 valence electrons. The van der Waals surface area contributed by atoms with E-state index in [1.165, 1.54) is 18.2 Å². The summed E-state index contributed by atoms with van der Waals surface area (Å²) in [4.78, 5) is 8.85. The van der Waals surface area contributed by atoms with E-state index in [4.69, 9.17) is 5.73 Å². The summed E-state index contributed by atoms with van der Waals surface area (Å²) in [6, 6.07) is 19.4. The van der Waals surface area contributed by atoms with E-state index >= 15 is 0 Å². The van der Waals surface area contributed by atoms with Gasteiger partial charge in [-0.1, -0.05) is 30.3 Å². The Bertz CT molecular complexity index is 1240. The third-order valence-electron chi connectivity index (χ3n) is 4.19. The maximum atomic E-state index is 12.7. The number of nitrogens with two attached hydrogens (primary N) is 1. The van der Waals surface area contributed by atoms with Crippen molar-refractivity contribution >= 4 is 26.7 Å². The molecule has 3 N–H and O–H groups in total. The predicted octanol–water partition coefficient (Wildman–Crippen LogP) is 3.42. The Hall–Kier alpha value is -3.45. The number of phenols is 1. The summed E-state index contributed by atoms with van der Waals surface area (Å²) in [5.74, 6) is 0.185. The Kier molecular flexibility index (Phi) is 4.01. The number of phenolic OH excluding ortho intramolecular Hbond substituents is 1. The average molecular weight is 377 g/mol. The van der Waals surface area contributed by atoms with Crippen molar-refractivity contribution in [3.8, 4) is 17.0 Å². The van der Waals surface area contributed by atoms with Crippen LogP contribution in [-0.4, -0.2) is 23.5 Å². The summed E-state index contributed by atoms with van der Waals surface area (Å²) in [5.41, 5.74) is 7.59. The van der Waals surface area contributed by atoms with Crippen molar-refractivity contribution in [3.63, 3.8) is 0 Å². The van der Waals surface area contributed by atoms with Gasteiger partial charge in [0.15, 0.2) is 0 Å². The van der Waals surface area contributed by atoms with Gasteiger partial charge in [-0.3, -0.25) is 0 Å². The predicted molar refractivity (Wildman–Crippen MR) is 103 cm³/mol. The van der Waals surface area contributed by atoms with E-state index in [-0.39, 0.29) is 21.5 Å². The number of nitrogen functional groups attached to an aromatic ring is 1. The molecule has 0 radical (unpaired) electrons. The van der Waals surface area contributed by atoms with Crippen LogP contribution in [0.2, 0.25) is 0 Å². The third-order valence-corrected chi connectivity index (χ3v) is 5.97. The van der Waals surface area contributed by atoms with E-state index in [1.807, 2.05) is 0 Å². The highest BCUT2D eigenvalue weighted by Gasteiger charge is 2.18. The summed E-state index contributed by atoms with van der Waals surface area (Å²) in [7, 11) is -3.59. The number of aromatic hydroxyl groups is 1. The van der Waals surface area contributed by atoms with Crippen molar-refractivity contribution in [1.29, 1.82) is 0 Å². The molecule has 0 unspecified atom stereocenters. The zero-order valence-corrected chi connectivity index (χ0v) is 14.9. The van der Waals surface area contributed by atoms with Gasteiger partial charge >= 0.3 is 0 Å². The van der Waals surface area contributed by atoms with Crippen LogP contribution in [0.25, 0.3) is 22.2 Å². The normalized spacial score (nSPS) is 11.6. The summed E-state index contributed by atoms with van der Waals surface area (Å²) in [6.07, 6.45) is 0. The number of sulfone groups is 1. The number of fused-ring (bicyclic) bond motifs is 1. The minimum absolute atomic E-state index is 0.0837. The van der Waals surface area contributed by atoms with E-state index < -0.39 is 9.84 Å². The minimum Gasteiger partial charge on any atom is -0.508 e. The lowest BCUT2D eigenvalue weighted by atomic mass is 10.1. The van der Waals surface area contributed by atoms with E-state index in [0.29, 0.717) is 22.2 Å². The average Bonchev–Trinajstić information content (AvgIpc) is 2.68. The number of benzene rings is 3. The molecule has 7 heteroatoms. The van der Waals surface area contributed by atoms with Gasteiger partial charge in [0.1, 0.15) is 5.75 Å². The van der Waals surface area contributed by atoms with Crippen LogP contribution in [0, 0.1) is 0 Å². The van der Waals surface area contributed by atoms with E-state index in [1.54, 1.807) is 54.6 Å². The zero-order chi connectivity index (χ0) is 19.0. The molecule has 0 amide bonds. The number of nitrogens with zero attached hydrogens (tertiary/aromatic N) is 2. The maximum absolute atomic E-state index is 12.7. The summed E-state index contributed by atoms with van der Waals surface area (Å²) in [6.45, 7) is 0. The SMILES string of the molecule is Nc1nc(-c2ccc(S(=O)(=O)c3ccccc3)cc2)c2cc(O)ccc2n1. The largest absolute Gasteiger partial charge is 0.508 e. The topological polar surface area (TPSA) is 106 Å². The summed E-state index contributed by atoms with van der Waals surface area (Å²) in [5, 5.41) is 10.4. The Labute approximate surface area is 155 Å². The highest BCUT2D eigenvalue weighted by Crippen LogP contribution is 2.30. The molecule has 0 aliphatic rings.